The molecular formula is C20H14FN2O+. The number of pyridine rings is 1. The van der Waals surface area contributed by atoms with Crippen molar-refractivity contribution >= 4 is 27.6 Å². The third kappa shape index (κ3) is 2.06. The Balaban J connectivity index is 2.06. The lowest BCUT2D eigenvalue weighted by Crippen LogP contribution is -2.30. The van der Waals surface area contributed by atoms with E-state index in [1.165, 1.54) is 6.07 Å². The van der Waals surface area contributed by atoms with Crippen molar-refractivity contribution in [1.82, 2.24) is 0 Å². The number of furan rings is 1. The smallest absolute Gasteiger partial charge is 0.212 e. The van der Waals surface area contributed by atoms with Crippen LogP contribution in [-0.2, 0) is 7.05 Å². The van der Waals surface area contributed by atoms with E-state index in [0.717, 1.165) is 22.2 Å². The number of halogens is 1. The Labute approximate surface area is 138 Å². The van der Waals surface area contributed by atoms with E-state index in [4.69, 9.17) is 11.0 Å². The van der Waals surface area contributed by atoms with E-state index >= 15 is 0 Å². The summed E-state index contributed by atoms with van der Waals surface area (Å²) in [7, 11) is 1.99. The van der Waals surface area contributed by atoms with Gasteiger partial charge in [0.2, 0.25) is 5.69 Å². The van der Waals surface area contributed by atoms with Crippen molar-refractivity contribution < 1.29 is 13.4 Å². The molecule has 0 spiro atoms. The largest absolute Gasteiger partial charge is 0.457 e. The van der Waals surface area contributed by atoms with E-state index in [0.29, 0.717) is 16.6 Å². The summed E-state index contributed by atoms with van der Waals surface area (Å²) in [6, 6.07) is 12.7. The predicted octanol–water partition coefficient (Wildman–Crippen LogP) is 5.08. The summed E-state index contributed by atoms with van der Waals surface area (Å²) in [4.78, 5) is 3.29. The van der Waals surface area contributed by atoms with Crippen LogP contribution < -0.4 is 4.57 Å². The van der Waals surface area contributed by atoms with E-state index in [1.807, 2.05) is 55.1 Å². The zero-order chi connectivity index (χ0) is 16.8. The molecule has 0 fully saturated rings. The molecule has 0 N–H and O–H groups in total. The number of aryl methyl sites for hydroxylation is 2. The van der Waals surface area contributed by atoms with Gasteiger partial charge in [0.15, 0.2) is 11.9 Å². The summed E-state index contributed by atoms with van der Waals surface area (Å²) >= 11 is 0. The summed E-state index contributed by atoms with van der Waals surface area (Å²) in [5, 5.41) is 1.17. The third-order valence-corrected chi connectivity index (χ3v) is 4.31. The van der Waals surface area contributed by atoms with E-state index in [2.05, 4.69) is 4.85 Å². The van der Waals surface area contributed by atoms with Gasteiger partial charge in [-0.1, -0.05) is 0 Å². The molecule has 0 saturated heterocycles. The van der Waals surface area contributed by atoms with Crippen molar-refractivity contribution in [1.29, 1.82) is 0 Å². The second-order valence-electron chi connectivity index (χ2n) is 5.87. The summed E-state index contributed by atoms with van der Waals surface area (Å²) in [6.07, 6.45) is 1.99. The molecule has 2 heterocycles. The van der Waals surface area contributed by atoms with Crippen LogP contribution >= 0.6 is 0 Å². The molecule has 4 rings (SSSR count). The Morgan fingerprint density at radius 1 is 1.12 bits per heavy atom. The normalized spacial score (nSPS) is 11.1. The number of aromatic nitrogens is 1. The lowest BCUT2D eigenvalue weighted by molar-refractivity contribution is -0.660. The maximum absolute atomic E-state index is 14.4. The average molecular weight is 317 g/mol. The molecular weight excluding hydrogens is 303 g/mol. The molecule has 0 bridgehead atoms. The Bertz CT molecular complexity index is 1150. The molecule has 0 aliphatic rings. The fourth-order valence-electron chi connectivity index (χ4n) is 3.14. The fourth-order valence-corrected chi connectivity index (χ4v) is 3.14. The van der Waals surface area contributed by atoms with Gasteiger partial charge in [0.25, 0.3) is 0 Å². The Morgan fingerprint density at radius 3 is 2.71 bits per heavy atom. The number of benzene rings is 2. The Hall–Kier alpha value is -3.19. The molecule has 0 amide bonds. The van der Waals surface area contributed by atoms with E-state index in [9.17, 15) is 4.39 Å². The van der Waals surface area contributed by atoms with Gasteiger partial charge in [-0.3, -0.25) is 0 Å². The van der Waals surface area contributed by atoms with Crippen molar-refractivity contribution in [2.45, 2.75) is 6.92 Å². The summed E-state index contributed by atoms with van der Waals surface area (Å²) in [6.45, 7) is 9.07. The molecule has 3 nitrogen and oxygen atoms in total. The van der Waals surface area contributed by atoms with Gasteiger partial charge in [-0.25, -0.2) is 13.8 Å². The molecule has 0 unspecified atom stereocenters. The van der Waals surface area contributed by atoms with Crippen LogP contribution in [0.3, 0.4) is 0 Å². The van der Waals surface area contributed by atoms with Gasteiger partial charge in [0, 0.05) is 17.5 Å². The topological polar surface area (TPSA) is 21.4 Å². The highest BCUT2D eigenvalue weighted by Gasteiger charge is 2.18. The standard InChI is InChI=1S/C20H14FN2O/c1-12-8-15-18(11-14(12)17-6-4-5-7-23(17)3)24-19-10-13(22-2)9-16(21)20(15)19/h4-11H,1,3H3/q+1. The molecule has 0 aliphatic heterocycles. The highest BCUT2D eigenvalue weighted by atomic mass is 19.1. The number of hydrogen-bond acceptors (Lipinski definition) is 1. The van der Waals surface area contributed by atoms with Crippen molar-refractivity contribution in [3.05, 3.63) is 71.5 Å². The monoisotopic (exact) mass is 317 g/mol. The second-order valence-corrected chi connectivity index (χ2v) is 5.87. The Morgan fingerprint density at radius 2 is 1.96 bits per heavy atom. The molecule has 2 aromatic heterocycles. The molecule has 4 aromatic rings. The first kappa shape index (κ1) is 14.4. The molecule has 0 atom stereocenters. The van der Waals surface area contributed by atoms with Gasteiger partial charge in [0.05, 0.1) is 17.5 Å². The van der Waals surface area contributed by atoms with Gasteiger partial charge >= 0.3 is 0 Å². The van der Waals surface area contributed by atoms with Crippen LogP contribution in [0.5, 0.6) is 0 Å². The molecule has 2 aromatic carbocycles. The number of fused-ring (bicyclic) bond motifs is 3. The van der Waals surface area contributed by atoms with Crippen LogP contribution in [0.4, 0.5) is 10.1 Å². The summed E-state index contributed by atoms with van der Waals surface area (Å²) in [5.74, 6) is -0.422. The van der Waals surface area contributed by atoms with Crippen LogP contribution in [0.1, 0.15) is 5.56 Å². The summed E-state index contributed by atoms with van der Waals surface area (Å²) in [5.41, 5.74) is 4.40. The van der Waals surface area contributed by atoms with E-state index in [1.54, 1.807) is 6.07 Å². The van der Waals surface area contributed by atoms with Crippen LogP contribution in [0.15, 0.2) is 53.1 Å². The van der Waals surface area contributed by atoms with Crippen molar-refractivity contribution in [2.75, 3.05) is 0 Å². The van der Waals surface area contributed by atoms with Crippen LogP contribution in [0.25, 0.3) is 38.0 Å². The van der Waals surface area contributed by atoms with Gasteiger partial charge < -0.3 is 4.42 Å². The van der Waals surface area contributed by atoms with Gasteiger partial charge in [0.1, 0.15) is 24.0 Å². The van der Waals surface area contributed by atoms with Crippen molar-refractivity contribution in [3.63, 3.8) is 0 Å². The number of nitrogens with zero attached hydrogens (tertiary/aromatic N) is 2. The lowest BCUT2D eigenvalue weighted by atomic mass is 10.0. The summed E-state index contributed by atoms with van der Waals surface area (Å²) < 4.78 is 22.3. The minimum absolute atomic E-state index is 0.241. The fraction of sp³-hybridized carbons (Fsp3) is 0.100. The average Bonchev–Trinajstić information content (AvgIpc) is 2.92. The SMILES string of the molecule is [C-]#[N+]c1cc(F)c2c(c1)oc1cc(-c3cccc[n+]3C)c(C)cc12. The zero-order valence-electron chi connectivity index (χ0n) is 13.3. The van der Waals surface area contributed by atoms with Gasteiger partial charge in [-0.2, -0.15) is 0 Å². The maximum atomic E-state index is 14.4. The molecule has 0 saturated carbocycles. The van der Waals surface area contributed by atoms with E-state index < -0.39 is 5.82 Å². The lowest BCUT2D eigenvalue weighted by Gasteiger charge is -2.04. The van der Waals surface area contributed by atoms with Crippen LogP contribution in [0, 0.1) is 19.3 Å². The second kappa shape index (κ2) is 5.17. The Kier molecular flexibility index (Phi) is 3.10. The first-order valence-corrected chi connectivity index (χ1v) is 7.57. The first-order chi connectivity index (χ1) is 11.6. The minimum atomic E-state index is -0.422. The molecule has 4 heteroatoms. The molecule has 0 aliphatic carbocycles. The van der Waals surface area contributed by atoms with Crippen LogP contribution in [-0.4, -0.2) is 0 Å². The van der Waals surface area contributed by atoms with Crippen molar-refractivity contribution in [2.24, 2.45) is 7.05 Å². The highest BCUT2D eigenvalue weighted by molar-refractivity contribution is 6.07. The molecule has 24 heavy (non-hydrogen) atoms. The third-order valence-electron chi connectivity index (χ3n) is 4.31. The maximum Gasteiger partial charge on any atom is 0.212 e. The van der Waals surface area contributed by atoms with Gasteiger partial charge in [-0.05, 0) is 42.8 Å². The zero-order valence-corrected chi connectivity index (χ0v) is 13.3. The minimum Gasteiger partial charge on any atom is -0.457 e. The van der Waals surface area contributed by atoms with Gasteiger partial charge in [-0.15, -0.1) is 0 Å². The number of rotatable bonds is 1. The molecule has 116 valence electrons. The molecule has 0 radical (unpaired) electrons. The highest BCUT2D eigenvalue weighted by Crippen LogP contribution is 2.36. The number of hydrogen-bond donors (Lipinski definition) is 0. The van der Waals surface area contributed by atoms with Crippen LogP contribution in [0.2, 0.25) is 0 Å². The van der Waals surface area contributed by atoms with Crippen molar-refractivity contribution in [3.8, 4) is 11.3 Å². The quantitative estimate of drug-likeness (QED) is 0.354. The van der Waals surface area contributed by atoms with E-state index in [-0.39, 0.29) is 5.69 Å². The first-order valence-electron chi connectivity index (χ1n) is 7.57. The predicted molar refractivity (Wildman–Crippen MR) is 91.3 cm³/mol.